The van der Waals surface area contributed by atoms with E-state index in [1.807, 2.05) is 0 Å². The van der Waals surface area contributed by atoms with Crippen molar-refractivity contribution in [3.63, 3.8) is 0 Å². The van der Waals surface area contributed by atoms with Crippen LogP contribution in [-0.2, 0) is 23.9 Å². The maximum atomic E-state index is 12.8. The molecule has 0 aromatic rings. The van der Waals surface area contributed by atoms with Crippen LogP contribution in [0.1, 0.15) is 38.5 Å². The predicted octanol–water partition coefficient (Wildman–Crippen LogP) is -0.493. The van der Waals surface area contributed by atoms with Gasteiger partial charge in [0.25, 0.3) is 0 Å². The van der Waals surface area contributed by atoms with Crippen molar-refractivity contribution in [2.75, 3.05) is 6.54 Å². The van der Waals surface area contributed by atoms with Gasteiger partial charge in [-0.3, -0.25) is 19.3 Å². The molecule has 7 aliphatic rings. The van der Waals surface area contributed by atoms with Gasteiger partial charge in [0.1, 0.15) is 12.3 Å². The summed E-state index contributed by atoms with van der Waals surface area (Å²) in [7, 11) is 0. The minimum Gasteiger partial charge on any atom is -0.372 e. The highest BCUT2D eigenvalue weighted by Gasteiger charge is 2.65. The highest BCUT2D eigenvalue weighted by Crippen LogP contribution is 2.52. The topological polar surface area (TPSA) is 111 Å². The Hall–Kier alpha value is -1.51. The third kappa shape index (κ3) is 2.23. The molecule has 27 heavy (non-hydrogen) atoms. The van der Waals surface area contributed by atoms with Gasteiger partial charge in [-0.25, -0.2) is 0 Å². The first kappa shape index (κ1) is 16.4. The Kier molecular flexibility index (Phi) is 3.23. The van der Waals surface area contributed by atoms with Crippen LogP contribution in [0.2, 0.25) is 0 Å². The second-order valence-corrected chi connectivity index (χ2v) is 9.48. The smallest absolute Gasteiger partial charge is 0.242 e. The molecule has 8 heteroatoms. The molecule has 0 radical (unpaired) electrons. The van der Waals surface area contributed by atoms with E-state index in [9.17, 15) is 14.4 Å². The summed E-state index contributed by atoms with van der Waals surface area (Å²) in [4.78, 5) is 39.4. The van der Waals surface area contributed by atoms with Crippen molar-refractivity contribution in [3.05, 3.63) is 0 Å². The van der Waals surface area contributed by atoms with Crippen LogP contribution in [-0.4, -0.2) is 59.2 Å². The van der Waals surface area contributed by atoms with E-state index >= 15 is 0 Å². The van der Waals surface area contributed by atoms with Crippen LogP contribution in [0.4, 0.5) is 0 Å². The lowest BCUT2D eigenvalue weighted by Gasteiger charge is -2.56. The minimum absolute atomic E-state index is 0.206. The molecule has 3 N–H and O–H groups in total. The van der Waals surface area contributed by atoms with Crippen LogP contribution in [0.5, 0.6) is 0 Å². The zero-order valence-corrected chi connectivity index (χ0v) is 15.1. The zero-order chi connectivity index (χ0) is 18.5. The van der Waals surface area contributed by atoms with Gasteiger partial charge in [-0.1, -0.05) is 0 Å². The Morgan fingerprint density at radius 3 is 2.52 bits per heavy atom. The van der Waals surface area contributed by atoms with E-state index in [2.05, 4.69) is 5.32 Å². The molecule has 7 atom stereocenters. The lowest BCUT2D eigenvalue weighted by Crippen LogP contribution is -2.64. The second-order valence-electron chi connectivity index (χ2n) is 9.48. The van der Waals surface area contributed by atoms with E-state index in [0.717, 1.165) is 30.6 Å². The van der Waals surface area contributed by atoms with Gasteiger partial charge in [0.05, 0.1) is 30.1 Å². The number of imide groups is 1. The Morgan fingerprint density at radius 1 is 1.11 bits per heavy atom. The van der Waals surface area contributed by atoms with E-state index < -0.39 is 23.7 Å². The van der Waals surface area contributed by atoms with Crippen LogP contribution in [0.25, 0.3) is 0 Å². The lowest BCUT2D eigenvalue weighted by atomic mass is 9.65. The standard InChI is InChI=1S/C19H25N3O5/c20-11-4-12-14-15(16(11)26-12)18(25)22(17(14)24)7-13(23)21-19-5-8-1-9(6-19)3-10(2-8)27-19/h8-12,14-16H,1-7,20H2,(H,21,23). The number of hydrogen-bond donors (Lipinski definition) is 2. The third-order valence-electron chi connectivity index (χ3n) is 7.66. The number of nitrogens with two attached hydrogens (primary N) is 1. The molecule has 5 aliphatic heterocycles. The highest BCUT2D eigenvalue weighted by molar-refractivity contribution is 6.08. The number of likely N-dealkylation sites (tertiary alicyclic amines) is 1. The summed E-state index contributed by atoms with van der Waals surface area (Å²) < 4.78 is 11.9. The third-order valence-corrected chi connectivity index (χ3v) is 7.66. The highest BCUT2D eigenvalue weighted by atomic mass is 16.5. The van der Waals surface area contributed by atoms with Gasteiger partial charge in [-0.2, -0.15) is 0 Å². The second kappa shape index (κ2) is 5.30. The van der Waals surface area contributed by atoms with Crippen molar-refractivity contribution in [2.45, 2.75) is 68.6 Å². The van der Waals surface area contributed by atoms with Crippen molar-refractivity contribution in [3.8, 4) is 0 Å². The molecular weight excluding hydrogens is 350 g/mol. The molecule has 0 aromatic carbocycles. The fourth-order valence-corrected chi connectivity index (χ4v) is 6.94. The number of amides is 3. The van der Waals surface area contributed by atoms with Crippen molar-refractivity contribution in [1.29, 1.82) is 0 Å². The Balaban J connectivity index is 1.16. The zero-order valence-electron chi connectivity index (χ0n) is 15.1. The fourth-order valence-electron chi connectivity index (χ4n) is 6.94. The lowest BCUT2D eigenvalue weighted by molar-refractivity contribution is -0.233. The number of carbonyl (C=O) groups is 3. The van der Waals surface area contributed by atoms with Crippen molar-refractivity contribution in [2.24, 2.45) is 29.4 Å². The number of carbonyl (C=O) groups excluding carboxylic acids is 3. The number of nitrogens with one attached hydrogen (secondary N) is 1. The summed E-state index contributed by atoms with van der Waals surface area (Å²) in [5, 5.41) is 3.04. The molecule has 8 nitrogen and oxygen atoms in total. The molecule has 3 amide bonds. The summed E-state index contributed by atoms with van der Waals surface area (Å²) in [6.45, 7) is -0.232. The fraction of sp³-hybridized carbons (Fsp3) is 0.842. The van der Waals surface area contributed by atoms with Crippen LogP contribution >= 0.6 is 0 Å². The van der Waals surface area contributed by atoms with E-state index in [4.69, 9.17) is 15.2 Å². The molecule has 2 aliphatic carbocycles. The largest absolute Gasteiger partial charge is 0.372 e. The predicted molar refractivity (Wildman–Crippen MR) is 90.8 cm³/mol. The van der Waals surface area contributed by atoms with E-state index in [-0.39, 0.29) is 42.5 Å². The molecule has 5 saturated heterocycles. The summed E-state index contributed by atoms with van der Waals surface area (Å²) in [5.41, 5.74) is 5.42. The number of ether oxygens (including phenoxy) is 2. The Bertz CT molecular complexity index is 704. The summed E-state index contributed by atoms with van der Waals surface area (Å²) in [6.07, 6.45) is 5.24. The normalized spacial score (nSPS) is 52.0. The number of nitrogens with zero attached hydrogens (tertiary/aromatic N) is 1. The monoisotopic (exact) mass is 375 g/mol. The molecule has 0 aromatic heterocycles. The van der Waals surface area contributed by atoms with Crippen molar-refractivity contribution < 1.29 is 23.9 Å². The van der Waals surface area contributed by atoms with Gasteiger partial charge in [0.15, 0.2) is 0 Å². The molecule has 7 rings (SSSR count). The molecule has 146 valence electrons. The van der Waals surface area contributed by atoms with Crippen LogP contribution in [0.3, 0.4) is 0 Å². The van der Waals surface area contributed by atoms with E-state index in [1.54, 1.807) is 0 Å². The SMILES string of the molecule is NC1CC2OC1C1C(=O)N(CC(=O)NC34CC5CC(CC(C5)O3)C4)C(=O)C21. The van der Waals surface area contributed by atoms with Gasteiger partial charge >= 0.3 is 0 Å². The number of rotatable bonds is 3. The van der Waals surface area contributed by atoms with E-state index in [0.29, 0.717) is 18.3 Å². The van der Waals surface area contributed by atoms with Crippen LogP contribution < -0.4 is 11.1 Å². The molecular formula is C19H25N3O5. The van der Waals surface area contributed by atoms with Crippen molar-refractivity contribution >= 4 is 17.7 Å². The molecule has 6 bridgehead atoms. The first-order valence-electron chi connectivity index (χ1n) is 10.2. The van der Waals surface area contributed by atoms with Crippen LogP contribution in [0.15, 0.2) is 0 Å². The molecule has 7 unspecified atom stereocenters. The number of fused-ring (bicyclic) bond motifs is 5. The Labute approximate surface area is 157 Å². The molecule has 0 spiro atoms. The average molecular weight is 375 g/mol. The molecule has 2 saturated carbocycles. The van der Waals surface area contributed by atoms with Gasteiger partial charge < -0.3 is 20.5 Å². The Morgan fingerprint density at radius 2 is 1.81 bits per heavy atom. The molecule has 5 heterocycles. The van der Waals surface area contributed by atoms with E-state index in [1.165, 1.54) is 6.42 Å². The quantitative estimate of drug-likeness (QED) is 0.644. The summed E-state index contributed by atoms with van der Waals surface area (Å²) in [5.74, 6) is -0.669. The first-order valence-corrected chi connectivity index (χ1v) is 10.2. The van der Waals surface area contributed by atoms with Gasteiger partial charge in [-0.15, -0.1) is 0 Å². The van der Waals surface area contributed by atoms with Crippen LogP contribution in [0, 0.1) is 23.7 Å². The van der Waals surface area contributed by atoms with Gasteiger partial charge in [-0.05, 0) is 50.4 Å². The van der Waals surface area contributed by atoms with Crippen molar-refractivity contribution in [1.82, 2.24) is 10.2 Å². The van der Waals surface area contributed by atoms with Gasteiger partial charge in [0, 0.05) is 6.04 Å². The maximum absolute atomic E-state index is 12.8. The summed E-state index contributed by atoms with van der Waals surface area (Å²) >= 11 is 0. The molecule has 7 fully saturated rings. The average Bonchev–Trinajstić information content (AvgIpc) is 3.20. The first-order chi connectivity index (χ1) is 12.9. The van der Waals surface area contributed by atoms with Gasteiger partial charge in [0.2, 0.25) is 17.7 Å². The maximum Gasteiger partial charge on any atom is 0.242 e. The minimum atomic E-state index is -0.599. The number of hydrogen-bond acceptors (Lipinski definition) is 6. The summed E-state index contributed by atoms with van der Waals surface area (Å²) in [6, 6.07) is -0.206.